The van der Waals surface area contributed by atoms with Crippen LogP contribution in [0.4, 0.5) is 5.69 Å². The molecule has 1 amide bonds. The number of carbonyl (C=O) groups is 1. The lowest BCUT2D eigenvalue weighted by Gasteiger charge is -2.05. The molecule has 0 aliphatic heterocycles. The molecule has 0 saturated carbocycles. The molecule has 0 radical (unpaired) electrons. The van der Waals surface area contributed by atoms with Gasteiger partial charge < -0.3 is 10.3 Å². The summed E-state index contributed by atoms with van der Waals surface area (Å²) in [5.41, 5.74) is 2.11. The van der Waals surface area contributed by atoms with Gasteiger partial charge in [0.25, 0.3) is 5.91 Å². The van der Waals surface area contributed by atoms with Crippen LogP contribution in [0.15, 0.2) is 54.9 Å². The van der Waals surface area contributed by atoms with Crippen LogP contribution in [0, 0.1) is 0 Å². The first-order valence-corrected chi connectivity index (χ1v) is 5.63. The van der Waals surface area contributed by atoms with E-state index in [1.807, 2.05) is 36.4 Å². The van der Waals surface area contributed by atoms with Gasteiger partial charge in [0.2, 0.25) is 0 Å². The lowest BCUT2D eigenvalue weighted by molar-refractivity contribution is 0.102. The fourth-order valence-corrected chi connectivity index (χ4v) is 1.88. The Hall–Kier alpha value is -2.62. The van der Waals surface area contributed by atoms with Crippen LogP contribution in [-0.4, -0.2) is 15.9 Å². The van der Waals surface area contributed by atoms with Gasteiger partial charge in [-0.25, -0.2) is 4.98 Å². The summed E-state index contributed by atoms with van der Waals surface area (Å²) in [6, 6.07) is 13.0. The molecule has 3 rings (SSSR count). The van der Waals surface area contributed by atoms with E-state index in [4.69, 9.17) is 0 Å². The van der Waals surface area contributed by atoms with Crippen LogP contribution in [0.3, 0.4) is 0 Å². The van der Waals surface area contributed by atoms with Gasteiger partial charge in [0, 0.05) is 23.5 Å². The van der Waals surface area contributed by atoms with Crippen LogP contribution in [0.25, 0.3) is 11.0 Å². The lowest BCUT2D eigenvalue weighted by atomic mass is 10.1. The van der Waals surface area contributed by atoms with E-state index in [0.29, 0.717) is 5.56 Å². The van der Waals surface area contributed by atoms with Gasteiger partial charge in [0.1, 0.15) is 5.65 Å². The third-order valence-corrected chi connectivity index (χ3v) is 2.74. The van der Waals surface area contributed by atoms with Crippen molar-refractivity contribution in [3.05, 3.63) is 60.4 Å². The number of amides is 1. The zero-order chi connectivity index (χ0) is 12.4. The van der Waals surface area contributed by atoms with E-state index in [0.717, 1.165) is 16.7 Å². The Kier molecular flexibility index (Phi) is 2.53. The van der Waals surface area contributed by atoms with Crippen LogP contribution >= 0.6 is 0 Å². The number of aromatic amines is 1. The quantitative estimate of drug-likeness (QED) is 0.720. The minimum Gasteiger partial charge on any atom is -0.346 e. The van der Waals surface area contributed by atoms with E-state index in [-0.39, 0.29) is 5.91 Å². The summed E-state index contributed by atoms with van der Waals surface area (Å²) in [5.74, 6) is -0.131. The van der Waals surface area contributed by atoms with Crippen molar-refractivity contribution in [3.8, 4) is 0 Å². The highest BCUT2D eigenvalue weighted by atomic mass is 16.1. The number of fused-ring (bicyclic) bond motifs is 1. The van der Waals surface area contributed by atoms with E-state index in [1.165, 1.54) is 0 Å². The molecule has 0 spiro atoms. The van der Waals surface area contributed by atoms with Crippen molar-refractivity contribution in [2.45, 2.75) is 0 Å². The first-order valence-electron chi connectivity index (χ1n) is 5.63. The van der Waals surface area contributed by atoms with E-state index in [1.54, 1.807) is 18.5 Å². The molecule has 4 nitrogen and oxygen atoms in total. The third kappa shape index (κ3) is 1.84. The zero-order valence-electron chi connectivity index (χ0n) is 9.55. The summed E-state index contributed by atoms with van der Waals surface area (Å²) in [6.07, 6.45) is 3.40. The molecule has 0 atom stereocenters. The van der Waals surface area contributed by atoms with Crippen molar-refractivity contribution < 1.29 is 4.79 Å². The van der Waals surface area contributed by atoms with Gasteiger partial charge in [-0.05, 0) is 24.3 Å². The molecule has 18 heavy (non-hydrogen) atoms. The molecule has 88 valence electrons. The molecular formula is C14H11N3O. The van der Waals surface area contributed by atoms with E-state index in [2.05, 4.69) is 15.3 Å². The number of para-hydroxylation sites is 1. The molecular weight excluding hydrogens is 226 g/mol. The number of hydrogen-bond donors (Lipinski definition) is 2. The molecule has 0 fully saturated rings. The molecule has 3 aromatic rings. The van der Waals surface area contributed by atoms with Crippen molar-refractivity contribution in [2.75, 3.05) is 5.32 Å². The smallest absolute Gasteiger partial charge is 0.256 e. The monoisotopic (exact) mass is 237 g/mol. The minimum atomic E-state index is -0.131. The van der Waals surface area contributed by atoms with E-state index >= 15 is 0 Å². The number of aromatic nitrogens is 2. The number of pyridine rings is 1. The first-order chi connectivity index (χ1) is 8.84. The maximum Gasteiger partial charge on any atom is 0.256 e. The molecule has 4 heteroatoms. The van der Waals surface area contributed by atoms with Gasteiger partial charge in [0.05, 0.1) is 5.56 Å². The first kappa shape index (κ1) is 10.5. The summed E-state index contributed by atoms with van der Waals surface area (Å²) >= 11 is 0. The molecule has 0 unspecified atom stereocenters. The van der Waals surface area contributed by atoms with Crippen molar-refractivity contribution >= 4 is 22.6 Å². The zero-order valence-corrected chi connectivity index (χ0v) is 9.55. The van der Waals surface area contributed by atoms with Crippen LogP contribution in [0.2, 0.25) is 0 Å². The fraction of sp³-hybridized carbons (Fsp3) is 0. The minimum absolute atomic E-state index is 0.131. The number of anilines is 1. The summed E-state index contributed by atoms with van der Waals surface area (Å²) in [4.78, 5) is 19.3. The Bertz CT molecular complexity index is 688. The highest BCUT2D eigenvalue weighted by Gasteiger charge is 2.10. The number of rotatable bonds is 2. The van der Waals surface area contributed by atoms with Crippen LogP contribution in [0.1, 0.15) is 10.4 Å². The van der Waals surface area contributed by atoms with Gasteiger partial charge in [-0.15, -0.1) is 0 Å². The maximum atomic E-state index is 12.2. The molecule has 0 aliphatic rings. The standard InChI is InChI=1S/C14H11N3O/c18-14(17-10-4-2-1-3-5-10)12-7-9-16-13-11(12)6-8-15-13/h1-9H,(H,15,16)(H,17,18). The third-order valence-electron chi connectivity index (χ3n) is 2.74. The predicted molar refractivity (Wildman–Crippen MR) is 70.5 cm³/mol. The van der Waals surface area contributed by atoms with Crippen LogP contribution in [-0.2, 0) is 0 Å². The van der Waals surface area contributed by atoms with Gasteiger partial charge >= 0.3 is 0 Å². The van der Waals surface area contributed by atoms with Gasteiger partial charge in [0.15, 0.2) is 0 Å². The molecule has 2 N–H and O–H groups in total. The molecule has 2 heterocycles. The number of nitrogens with zero attached hydrogens (tertiary/aromatic N) is 1. The maximum absolute atomic E-state index is 12.2. The number of nitrogens with one attached hydrogen (secondary N) is 2. The average molecular weight is 237 g/mol. The Labute approximate surface area is 104 Å². The topological polar surface area (TPSA) is 57.8 Å². The second-order valence-electron chi connectivity index (χ2n) is 3.92. The summed E-state index contributed by atoms with van der Waals surface area (Å²) in [5, 5.41) is 3.68. The number of carbonyl (C=O) groups excluding carboxylic acids is 1. The summed E-state index contributed by atoms with van der Waals surface area (Å²) < 4.78 is 0. The number of H-pyrrole nitrogens is 1. The normalized spacial score (nSPS) is 10.4. The molecule has 0 bridgehead atoms. The van der Waals surface area contributed by atoms with Crippen molar-refractivity contribution in [1.29, 1.82) is 0 Å². The van der Waals surface area contributed by atoms with Crippen molar-refractivity contribution in [3.63, 3.8) is 0 Å². The van der Waals surface area contributed by atoms with Crippen molar-refractivity contribution in [2.24, 2.45) is 0 Å². The Morgan fingerprint density at radius 1 is 1.11 bits per heavy atom. The molecule has 1 aromatic carbocycles. The Morgan fingerprint density at radius 2 is 1.94 bits per heavy atom. The molecule has 0 aliphatic carbocycles. The summed E-state index contributed by atoms with van der Waals surface area (Å²) in [7, 11) is 0. The van der Waals surface area contributed by atoms with Gasteiger partial charge in [-0.2, -0.15) is 0 Å². The Balaban J connectivity index is 1.95. The molecule has 2 aromatic heterocycles. The molecule has 0 saturated heterocycles. The highest BCUT2D eigenvalue weighted by molar-refractivity contribution is 6.11. The van der Waals surface area contributed by atoms with Gasteiger partial charge in [-0.3, -0.25) is 4.79 Å². The Morgan fingerprint density at radius 3 is 2.78 bits per heavy atom. The predicted octanol–water partition coefficient (Wildman–Crippen LogP) is 2.82. The second-order valence-corrected chi connectivity index (χ2v) is 3.92. The highest BCUT2D eigenvalue weighted by Crippen LogP contribution is 2.16. The average Bonchev–Trinajstić information content (AvgIpc) is 2.87. The second kappa shape index (κ2) is 4.33. The lowest BCUT2D eigenvalue weighted by Crippen LogP contribution is -2.12. The van der Waals surface area contributed by atoms with Crippen LogP contribution in [0.5, 0.6) is 0 Å². The van der Waals surface area contributed by atoms with E-state index < -0.39 is 0 Å². The SMILES string of the molecule is O=C(Nc1ccccc1)c1ccnc2[nH]ccc12. The van der Waals surface area contributed by atoms with Crippen LogP contribution < -0.4 is 5.32 Å². The number of hydrogen-bond acceptors (Lipinski definition) is 2. The number of benzene rings is 1. The largest absolute Gasteiger partial charge is 0.346 e. The van der Waals surface area contributed by atoms with E-state index in [9.17, 15) is 4.79 Å². The fourth-order valence-electron chi connectivity index (χ4n) is 1.88. The summed E-state index contributed by atoms with van der Waals surface area (Å²) in [6.45, 7) is 0. The van der Waals surface area contributed by atoms with Gasteiger partial charge in [-0.1, -0.05) is 18.2 Å². The van der Waals surface area contributed by atoms with Crippen molar-refractivity contribution in [1.82, 2.24) is 9.97 Å².